The molecule has 154 valence electrons. The van der Waals surface area contributed by atoms with E-state index in [1.807, 2.05) is 0 Å². The van der Waals surface area contributed by atoms with Gasteiger partial charge in [-0.1, -0.05) is 46.4 Å². The summed E-state index contributed by atoms with van der Waals surface area (Å²) < 4.78 is -1.29. The van der Waals surface area contributed by atoms with E-state index < -0.39 is 16.2 Å². The summed E-state index contributed by atoms with van der Waals surface area (Å²) in [6.45, 7) is 0. The second-order valence-electron chi connectivity index (χ2n) is 6.96. The van der Waals surface area contributed by atoms with E-state index in [1.54, 1.807) is 71.6 Å². The maximum absolute atomic E-state index is 13.7. The van der Waals surface area contributed by atoms with E-state index in [-0.39, 0.29) is 5.91 Å². The summed E-state index contributed by atoms with van der Waals surface area (Å²) in [5, 5.41) is 2.02. The van der Waals surface area contributed by atoms with Crippen LogP contribution < -0.4 is 4.90 Å². The summed E-state index contributed by atoms with van der Waals surface area (Å²) in [6.07, 6.45) is 0. The van der Waals surface area contributed by atoms with Crippen LogP contribution in [0.15, 0.2) is 66.7 Å². The molecule has 4 rings (SSSR count). The molecule has 0 spiro atoms. The zero-order valence-electron chi connectivity index (χ0n) is 15.1. The van der Waals surface area contributed by atoms with Gasteiger partial charge in [-0.25, -0.2) is 0 Å². The minimum absolute atomic E-state index is 0.259. The summed E-state index contributed by atoms with van der Waals surface area (Å²) in [5.74, 6) is -1.40. The molecule has 0 bridgehead atoms. The van der Waals surface area contributed by atoms with Crippen molar-refractivity contribution in [1.29, 1.82) is 0 Å². The van der Waals surface area contributed by atoms with Crippen molar-refractivity contribution in [2.75, 3.05) is 4.90 Å². The predicted octanol–water partition coefficient (Wildman–Crippen LogP) is 8.55. The molecule has 0 saturated heterocycles. The Morgan fingerprint density at radius 2 is 1.13 bits per heavy atom. The third-order valence-electron chi connectivity index (χ3n) is 4.95. The fourth-order valence-corrected chi connectivity index (χ4v) is 5.14. The number of hydrogen-bond acceptors (Lipinski definition) is 1. The minimum Gasteiger partial charge on any atom is -0.281 e. The Morgan fingerprint density at radius 3 is 1.57 bits per heavy atom. The van der Waals surface area contributed by atoms with Gasteiger partial charge in [0.25, 0.3) is 0 Å². The number of carbonyl (C=O) groups excluding carboxylic acids is 1. The van der Waals surface area contributed by atoms with Gasteiger partial charge in [-0.3, -0.25) is 9.69 Å². The van der Waals surface area contributed by atoms with Crippen LogP contribution in [-0.2, 0) is 4.79 Å². The molecular formula is C22H13Cl6NO. The molecule has 2 atom stereocenters. The fourth-order valence-electron chi connectivity index (χ4n) is 3.53. The molecule has 8 heteroatoms. The predicted molar refractivity (Wildman–Crippen MR) is 127 cm³/mol. The quantitative estimate of drug-likeness (QED) is 0.316. The van der Waals surface area contributed by atoms with Crippen molar-refractivity contribution in [2.24, 2.45) is 5.92 Å². The molecule has 0 radical (unpaired) electrons. The first-order valence-electron chi connectivity index (χ1n) is 8.87. The van der Waals surface area contributed by atoms with Crippen LogP contribution in [0.3, 0.4) is 0 Å². The van der Waals surface area contributed by atoms with Crippen LogP contribution >= 0.6 is 69.6 Å². The highest BCUT2D eigenvalue weighted by molar-refractivity contribution is 6.54. The summed E-state index contributed by atoms with van der Waals surface area (Å²) in [5.41, 5.74) is 1.97. The lowest BCUT2D eigenvalue weighted by molar-refractivity contribution is -0.119. The molecule has 0 heterocycles. The van der Waals surface area contributed by atoms with E-state index in [0.717, 1.165) is 0 Å². The van der Waals surface area contributed by atoms with Gasteiger partial charge in [0.15, 0.2) is 0 Å². The molecule has 1 amide bonds. The van der Waals surface area contributed by atoms with Gasteiger partial charge in [0.05, 0.1) is 5.92 Å². The Kier molecular flexibility index (Phi) is 6.20. The number of alkyl halides is 2. The lowest BCUT2D eigenvalue weighted by Gasteiger charge is -2.24. The summed E-state index contributed by atoms with van der Waals surface area (Å²) in [4.78, 5) is 15.2. The Bertz CT molecular complexity index is 1030. The van der Waals surface area contributed by atoms with Crippen molar-refractivity contribution in [3.8, 4) is 0 Å². The SMILES string of the molecule is O=C([C@H]1[C@H](c2cc(Cl)cc(Cl)c2)C1(Cl)Cl)N(c1ccc(Cl)cc1)c1ccc(Cl)cc1. The molecule has 0 aliphatic heterocycles. The van der Waals surface area contributed by atoms with Crippen LogP contribution in [0, 0.1) is 5.92 Å². The zero-order valence-corrected chi connectivity index (χ0v) is 19.7. The van der Waals surface area contributed by atoms with Gasteiger partial charge >= 0.3 is 0 Å². The molecular weight excluding hydrogens is 507 g/mol. The Labute approximate surface area is 204 Å². The topological polar surface area (TPSA) is 20.3 Å². The molecule has 1 aliphatic carbocycles. The highest BCUT2D eigenvalue weighted by Crippen LogP contribution is 2.66. The number of rotatable bonds is 4. The molecule has 1 aliphatic rings. The molecule has 30 heavy (non-hydrogen) atoms. The van der Waals surface area contributed by atoms with Crippen LogP contribution in [-0.4, -0.2) is 10.2 Å². The average molecular weight is 520 g/mol. The van der Waals surface area contributed by atoms with Crippen molar-refractivity contribution in [3.63, 3.8) is 0 Å². The van der Waals surface area contributed by atoms with Crippen LogP contribution in [0.5, 0.6) is 0 Å². The highest BCUT2D eigenvalue weighted by Gasteiger charge is 2.68. The minimum atomic E-state index is -1.29. The van der Waals surface area contributed by atoms with Gasteiger partial charge in [-0.2, -0.15) is 0 Å². The molecule has 1 fully saturated rings. The number of benzene rings is 3. The number of carbonyl (C=O) groups is 1. The van der Waals surface area contributed by atoms with Crippen LogP contribution in [0.25, 0.3) is 0 Å². The number of hydrogen-bond donors (Lipinski definition) is 0. The second-order valence-corrected chi connectivity index (χ2v) is 10.1. The van der Waals surface area contributed by atoms with Crippen molar-refractivity contribution < 1.29 is 4.79 Å². The molecule has 0 unspecified atom stereocenters. The van der Waals surface area contributed by atoms with Gasteiger partial charge in [0.1, 0.15) is 4.33 Å². The number of nitrogens with zero attached hydrogens (tertiary/aromatic N) is 1. The lowest BCUT2D eigenvalue weighted by Crippen LogP contribution is -2.29. The smallest absolute Gasteiger partial charge is 0.238 e. The summed E-state index contributed by atoms with van der Waals surface area (Å²) in [6, 6.07) is 18.9. The molecule has 0 N–H and O–H groups in total. The fraction of sp³-hybridized carbons (Fsp3) is 0.136. The lowest BCUT2D eigenvalue weighted by atomic mass is 10.1. The standard InChI is InChI=1S/C22H13Cl6NO/c23-13-1-5-17(6-2-13)29(18-7-3-14(24)4-8-18)21(30)20-19(22(20,27)28)12-9-15(25)11-16(26)10-12/h1-11,19-20H/t19-,20+/m0/s1. The number of anilines is 2. The number of halogens is 6. The van der Waals surface area contributed by atoms with E-state index in [2.05, 4.69) is 0 Å². The van der Waals surface area contributed by atoms with Crippen LogP contribution in [0.2, 0.25) is 20.1 Å². The number of amides is 1. The maximum Gasteiger partial charge on any atom is 0.238 e. The Hall–Kier alpha value is -1.13. The van der Waals surface area contributed by atoms with E-state index >= 15 is 0 Å². The van der Waals surface area contributed by atoms with Crippen molar-refractivity contribution in [3.05, 3.63) is 92.4 Å². The molecule has 2 nitrogen and oxygen atoms in total. The van der Waals surface area contributed by atoms with Crippen molar-refractivity contribution >= 4 is 86.9 Å². The normalized spacial score (nSPS) is 19.4. The molecule has 3 aromatic rings. The molecule has 3 aromatic carbocycles. The Balaban J connectivity index is 1.74. The summed E-state index contributed by atoms with van der Waals surface area (Å²) >= 11 is 37.5. The first kappa shape index (κ1) is 22.1. The van der Waals surface area contributed by atoms with Gasteiger partial charge in [-0.05, 0) is 72.3 Å². The van der Waals surface area contributed by atoms with Crippen molar-refractivity contribution in [2.45, 2.75) is 10.3 Å². The Morgan fingerprint density at radius 1 is 0.700 bits per heavy atom. The van der Waals surface area contributed by atoms with Gasteiger partial charge in [0, 0.05) is 37.4 Å². The van der Waals surface area contributed by atoms with Crippen LogP contribution in [0.1, 0.15) is 11.5 Å². The van der Waals surface area contributed by atoms with E-state index in [9.17, 15) is 4.79 Å². The molecule has 0 aromatic heterocycles. The molecule has 1 saturated carbocycles. The monoisotopic (exact) mass is 517 g/mol. The van der Waals surface area contributed by atoms with Gasteiger partial charge in [-0.15, -0.1) is 23.2 Å². The van der Waals surface area contributed by atoms with E-state index in [0.29, 0.717) is 37.0 Å². The average Bonchev–Trinajstić information content (AvgIpc) is 3.26. The van der Waals surface area contributed by atoms with Gasteiger partial charge < -0.3 is 0 Å². The second kappa shape index (κ2) is 8.43. The first-order chi connectivity index (χ1) is 14.2. The van der Waals surface area contributed by atoms with E-state index in [4.69, 9.17) is 69.6 Å². The van der Waals surface area contributed by atoms with Crippen molar-refractivity contribution in [1.82, 2.24) is 0 Å². The third kappa shape index (κ3) is 4.27. The van der Waals surface area contributed by atoms with Gasteiger partial charge in [0.2, 0.25) is 5.91 Å². The first-order valence-corrected chi connectivity index (χ1v) is 11.1. The highest BCUT2D eigenvalue weighted by atomic mass is 35.5. The van der Waals surface area contributed by atoms with E-state index in [1.165, 1.54) is 0 Å². The van der Waals surface area contributed by atoms with Crippen LogP contribution in [0.4, 0.5) is 11.4 Å². The largest absolute Gasteiger partial charge is 0.281 e. The maximum atomic E-state index is 13.7. The third-order valence-corrected chi connectivity index (χ3v) is 6.83. The zero-order chi connectivity index (χ0) is 21.6. The summed E-state index contributed by atoms with van der Waals surface area (Å²) in [7, 11) is 0.